The van der Waals surface area contributed by atoms with E-state index in [-0.39, 0.29) is 35.8 Å². The van der Waals surface area contributed by atoms with Gasteiger partial charge in [-0.1, -0.05) is 13.0 Å². The van der Waals surface area contributed by atoms with Gasteiger partial charge in [0, 0.05) is 52.9 Å². The van der Waals surface area contributed by atoms with Crippen molar-refractivity contribution in [1.29, 1.82) is 0 Å². The Balaban J connectivity index is 0.00000364. The van der Waals surface area contributed by atoms with Crippen molar-refractivity contribution in [3.05, 3.63) is 29.6 Å². The number of rotatable bonds is 7. The summed E-state index contributed by atoms with van der Waals surface area (Å²) >= 11 is 0. The fraction of sp³-hybridized carbons (Fsp3) is 0.632. The Morgan fingerprint density at radius 2 is 2.00 bits per heavy atom. The van der Waals surface area contributed by atoms with E-state index < -0.39 is 0 Å². The van der Waals surface area contributed by atoms with Gasteiger partial charge in [0.15, 0.2) is 5.96 Å². The van der Waals surface area contributed by atoms with Crippen LogP contribution in [0.4, 0.5) is 10.1 Å². The molecule has 0 spiro atoms. The second kappa shape index (κ2) is 12.4. The highest BCUT2D eigenvalue weighted by molar-refractivity contribution is 14.0. The minimum atomic E-state index is -0.162. The van der Waals surface area contributed by atoms with Crippen molar-refractivity contribution >= 4 is 35.6 Å². The molecule has 1 saturated heterocycles. The van der Waals surface area contributed by atoms with Gasteiger partial charge in [-0.15, -0.1) is 24.0 Å². The maximum atomic E-state index is 14.6. The number of hydrogen-bond donors (Lipinski definition) is 2. The minimum Gasteiger partial charge on any atom is -0.383 e. The highest BCUT2D eigenvalue weighted by Gasteiger charge is 2.18. The lowest BCUT2D eigenvalue weighted by Gasteiger charge is -2.35. The first-order valence-corrected chi connectivity index (χ1v) is 9.29. The van der Waals surface area contributed by atoms with Crippen molar-refractivity contribution < 1.29 is 9.13 Å². The molecule has 0 saturated carbocycles. The Hall–Kier alpha value is -1.13. The zero-order chi connectivity index (χ0) is 18.9. The number of guanidine groups is 1. The lowest BCUT2D eigenvalue weighted by Crippen LogP contribution is -2.46. The summed E-state index contributed by atoms with van der Waals surface area (Å²) in [7, 11) is 3.38. The predicted octanol–water partition coefficient (Wildman–Crippen LogP) is 2.29. The number of nitrogens with one attached hydrogen (secondary N) is 2. The normalized spacial score (nSPS) is 16.6. The lowest BCUT2D eigenvalue weighted by molar-refractivity contribution is 0.179. The number of ether oxygens (including phenoxy) is 1. The average Bonchev–Trinajstić information content (AvgIpc) is 2.65. The molecule has 1 aromatic carbocycles. The molecule has 154 valence electrons. The van der Waals surface area contributed by atoms with Crippen LogP contribution in [0.3, 0.4) is 0 Å². The van der Waals surface area contributed by atoms with Crippen LogP contribution >= 0.6 is 24.0 Å². The van der Waals surface area contributed by atoms with Crippen LogP contribution < -0.4 is 15.5 Å². The van der Waals surface area contributed by atoms with Crippen LogP contribution in [0.25, 0.3) is 0 Å². The van der Waals surface area contributed by atoms with Gasteiger partial charge in [-0.05, 0) is 31.2 Å². The molecule has 0 aromatic heterocycles. The number of likely N-dealkylation sites (N-methyl/N-ethyl adjacent to an activating group) is 1. The van der Waals surface area contributed by atoms with Crippen molar-refractivity contribution in [3.8, 4) is 0 Å². The van der Waals surface area contributed by atoms with Crippen LogP contribution in [0.15, 0.2) is 23.2 Å². The SMILES string of the molecule is CCN1CCN(c2ccc(CNC(=NC)NC(C)COC)cc2F)CC1.I. The molecule has 1 unspecified atom stereocenters. The van der Waals surface area contributed by atoms with E-state index in [1.165, 1.54) is 0 Å². The number of halogens is 2. The van der Waals surface area contributed by atoms with E-state index in [1.54, 1.807) is 20.2 Å². The number of anilines is 1. The van der Waals surface area contributed by atoms with E-state index in [1.807, 2.05) is 19.1 Å². The molecule has 1 fully saturated rings. The van der Waals surface area contributed by atoms with E-state index in [9.17, 15) is 4.39 Å². The fourth-order valence-corrected chi connectivity index (χ4v) is 3.13. The van der Waals surface area contributed by atoms with Gasteiger partial charge in [0.25, 0.3) is 0 Å². The zero-order valence-corrected chi connectivity index (χ0v) is 19.1. The van der Waals surface area contributed by atoms with Gasteiger partial charge in [0.1, 0.15) is 5.82 Å². The van der Waals surface area contributed by atoms with E-state index in [2.05, 4.69) is 32.3 Å². The Labute approximate surface area is 179 Å². The molecule has 1 aliphatic rings. The molecule has 1 atom stereocenters. The summed E-state index contributed by atoms with van der Waals surface area (Å²) in [5.74, 6) is 0.514. The second-order valence-corrected chi connectivity index (χ2v) is 6.63. The molecule has 2 N–H and O–H groups in total. The molecule has 1 aromatic rings. The number of aliphatic imine (C=N–C) groups is 1. The Morgan fingerprint density at radius 3 is 2.56 bits per heavy atom. The van der Waals surface area contributed by atoms with Crippen LogP contribution in [0.1, 0.15) is 19.4 Å². The van der Waals surface area contributed by atoms with Gasteiger partial charge in [-0.2, -0.15) is 0 Å². The van der Waals surface area contributed by atoms with Crippen LogP contribution in [-0.2, 0) is 11.3 Å². The molecular weight excluding hydrogens is 460 g/mol. The fourth-order valence-electron chi connectivity index (χ4n) is 3.13. The van der Waals surface area contributed by atoms with Crippen LogP contribution in [-0.4, -0.2) is 70.4 Å². The summed E-state index contributed by atoms with van der Waals surface area (Å²) in [5, 5.41) is 6.44. The van der Waals surface area contributed by atoms with Gasteiger partial charge in [0.2, 0.25) is 0 Å². The first-order valence-electron chi connectivity index (χ1n) is 9.29. The lowest BCUT2D eigenvalue weighted by atomic mass is 10.1. The van der Waals surface area contributed by atoms with Crippen LogP contribution in [0.2, 0.25) is 0 Å². The van der Waals surface area contributed by atoms with Crippen LogP contribution in [0, 0.1) is 5.82 Å². The molecule has 0 bridgehead atoms. The third-order valence-corrected chi connectivity index (χ3v) is 4.66. The van der Waals surface area contributed by atoms with Crippen molar-refractivity contribution in [2.75, 3.05) is 58.4 Å². The highest BCUT2D eigenvalue weighted by atomic mass is 127. The number of benzene rings is 1. The van der Waals surface area contributed by atoms with E-state index in [0.29, 0.717) is 24.8 Å². The quantitative estimate of drug-likeness (QED) is 0.347. The molecule has 0 aliphatic carbocycles. The minimum absolute atomic E-state index is 0. The molecule has 1 aliphatic heterocycles. The summed E-state index contributed by atoms with van der Waals surface area (Å²) in [6, 6.07) is 5.62. The first-order chi connectivity index (χ1) is 12.6. The summed E-state index contributed by atoms with van der Waals surface area (Å²) in [4.78, 5) is 8.70. The van der Waals surface area contributed by atoms with E-state index in [0.717, 1.165) is 38.3 Å². The van der Waals surface area contributed by atoms with Gasteiger partial charge >= 0.3 is 0 Å². The summed E-state index contributed by atoms with van der Waals surface area (Å²) < 4.78 is 19.7. The van der Waals surface area contributed by atoms with Crippen molar-refractivity contribution in [2.45, 2.75) is 26.4 Å². The maximum Gasteiger partial charge on any atom is 0.191 e. The molecule has 27 heavy (non-hydrogen) atoms. The number of hydrogen-bond acceptors (Lipinski definition) is 4. The Kier molecular flexibility index (Phi) is 10.9. The summed E-state index contributed by atoms with van der Waals surface area (Å²) in [5.41, 5.74) is 1.58. The Morgan fingerprint density at radius 1 is 1.30 bits per heavy atom. The molecular formula is C19H33FIN5O. The third kappa shape index (κ3) is 7.42. The zero-order valence-electron chi connectivity index (χ0n) is 16.8. The number of nitrogens with zero attached hydrogens (tertiary/aromatic N) is 3. The number of methoxy groups -OCH3 is 1. The molecule has 0 amide bonds. The summed E-state index contributed by atoms with van der Waals surface area (Å²) in [6.07, 6.45) is 0. The Bertz CT molecular complexity index is 593. The molecule has 2 rings (SSSR count). The maximum absolute atomic E-state index is 14.6. The number of piperazine rings is 1. The van der Waals surface area contributed by atoms with Gasteiger partial charge in [0.05, 0.1) is 12.3 Å². The smallest absolute Gasteiger partial charge is 0.191 e. The average molecular weight is 493 g/mol. The van der Waals surface area contributed by atoms with E-state index in [4.69, 9.17) is 4.74 Å². The van der Waals surface area contributed by atoms with Crippen molar-refractivity contribution in [3.63, 3.8) is 0 Å². The first kappa shape index (κ1) is 23.9. The predicted molar refractivity (Wildman–Crippen MR) is 121 cm³/mol. The standard InChI is InChI=1S/C19H32FN5O.HI/c1-5-24-8-10-25(11-9-24)18-7-6-16(12-17(18)20)13-22-19(21-3)23-15(2)14-26-4;/h6-7,12,15H,5,8-11,13-14H2,1-4H3,(H2,21,22,23);1H. The molecule has 0 radical (unpaired) electrons. The molecule has 1 heterocycles. The third-order valence-electron chi connectivity index (χ3n) is 4.66. The second-order valence-electron chi connectivity index (χ2n) is 6.63. The molecule has 8 heteroatoms. The molecule has 6 nitrogen and oxygen atoms in total. The largest absolute Gasteiger partial charge is 0.383 e. The van der Waals surface area contributed by atoms with Gasteiger partial charge < -0.3 is 25.2 Å². The van der Waals surface area contributed by atoms with Crippen molar-refractivity contribution in [1.82, 2.24) is 15.5 Å². The topological polar surface area (TPSA) is 52.1 Å². The van der Waals surface area contributed by atoms with Crippen LogP contribution in [0.5, 0.6) is 0 Å². The summed E-state index contributed by atoms with van der Waals surface area (Å²) in [6.45, 7) is 10.1. The monoisotopic (exact) mass is 493 g/mol. The van der Waals surface area contributed by atoms with E-state index >= 15 is 0 Å². The highest BCUT2D eigenvalue weighted by Crippen LogP contribution is 2.22. The van der Waals surface area contributed by atoms with Gasteiger partial charge in [-0.25, -0.2) is 4.39 Å². The van der Waals surface area contributed by atoms with Gasteiger partial charge in [-0.3, -0.25) is 4.99 Å². The van der Waals surface area contributed by atoms with Crippen molar-refractivity contribution in [2.24, 2.45) is 4.99 Å².